The zero-order chi connectivity index (χ0) is 14.3. The maximum atomic E-state index is 12.1. The number of amides is 1. The summed E-state index contributed by atoms with van der Waals surface area (Å²) in [6.45, 7) is -0.0728. The van der Waals surface area contributed by atoms with Gasteiger partial charge in [-0.15, -0.1) is 0 Å². The molecule has 0 unspecified atom stereocenters. The van der Waals surface area contributed by atoms with Crippen LogP contribution in [-0.2, 0) is 4.79 Å². The van der Waals surface area contributed by atoms with Crippen LogP contribution in [0.25, 0.3) is 0 Å². The van der Waals surface area contributed by atoms with Crippen molar-refractivity contribution in [3.05, 3.63) is 29.8 Å². The molecule has 1 rings (SSSR count). The Kier molecular flexibility index (Phi) is 5.90. The van der Waals surface area contributed by atoms with Crippen molar-refractivity contribution in [1.29, 1.82) is 5.26 Å². The van der Waals surface area contributed by atoms with Crippen LogP contribution >= 0.6 is 0 Å². The molecule has 0 fully saturated rings. The van der Waals surface area contributed by atoms with Gasteiger partial charge in [-0.2, -0.15) is 5.26 Å². The molecule has 0 bridgehead atoms. The fraction of sp³-hybridized carbons (Fsp3) is 0.385. The first kappa shape index (κ1) is 15.1. The summed E-state index contributed by atoms with van der Waals surface area (Å²) < 4.78 is 24.1. The number of rotatable bonds is 6. The quantitative estimate of drug-likeness (QED) is 0.858. The van der Waals surface area contributed by atoms with Gasteiger partial charge in [0, 0.05) is 18.7 Å². The topological polar surface area (TPSA) is 56.1 Å². The van der Waals surface area contributed by atoms with Crippen molar-refractivity contribution in [2.24, 2.45) is 0 Å². The molecule has 0 saturated heterocycles. The second-order valence-corrected chi connectivity index (χ2v) is 4.14. The molecule has 19 heavy (non-hydrogen) atoms. The third kappa shape index (κ3) is 5.93. The summed E-state index contributed by atoms with van der Waals surface area (Å²) >= 11 is 0. The first-order valence-corrected chi connectivity index (χ1v) is 5.78. The van der Waals surface area contributed by atoms with Gasteiger partial charge in [-0.3, -0.25) is 4.79 Å². The number of alkyl halides is 2. The molecule has 0 saturated carbocycles. The minimum atomic E-state index is -2.40. The first-order valence-electron chi connectivity index (χ1n) is 5.78. The van der Waals surface area contributed by atoms with Crippen LogP contribution in [0.5, 0.6) is 0 Å². The van der Waals surface area contributed by atoms with Gasteiger partial charge in [0.25, 0.3) is 6.43 Å². The number of carbonyl (C=O) groups is 1. The molecule has 0 aliphatic heterocycles. The molecule has 0 aliphatic carbocycles. The van der Waals surface area contributed by atoms with Crippen molar-refractivity contribution < 1.29 is 13.6 Å². The minimum absolute atomic E-state index is 0.142. The number of nitrogens with one attached hydrogen (secondary N) is 1. The number of nitriles is 1. The van der Waals surface area contributed by atoms with Crippen LogP contribution in [0.1, 0.15) is 12.0 Å². The normalized spacial score (nSPS) is 10.5. The maximum Gasteiger partial charge on any atom is 0.251 e. The van der Waals surface area contributed by atoms with Gasteiger partial charge in [0.2, 0.25) is 5.91 Å². The highest BCUT2D eigenvalue weighted by Gasteiger charge is 2.09. The summed E-state index contributed by atoms with van der Waals surface area (Å²) in [5.41, 5.74) is 1.09. The summed E-state index contributed by atoms with van der Waals surface area (Å²) in [5, 5.41) is 11.3. The Labute approximate surface area is 110 Å². The average Bonchev–Trinajstić information content (AvgIpc) is 2.36. The highest BCUT2D eigenvalue weighted by molar-refractivity contribution is 5.90. The summed E-state index contributed by atoms with van der Waals surface area (Å²) in [7, 11) is 1.54. The number of hydrogen-bond acceptors (Lipinski definition) is 3. The van der Waals surface area contributed by atoms with Crippen LogP contribution in [-0.4, -0.2) is 37.4 Å². The molecule has 0 aliphatic rings. The van der Waals surface area contributed by atoms with Crippen LogP contribution in [0.2, 0.25) is 0 Å². The SMILES string of the molecule is CN(CCC(=O)Nc1ccc(C#N)cc1)CC(F)F. The molecule has 1 aromatic rings. The van der Waals surface area contributed by atoms with Crippen molar-refractivity contribution >= 4 is 11.6 Å². The summed E-state index contributed by atoms with van der Waals surface area (Å²) in [4.78, 5) is 13.0. The molecule has 4 nitrogen and oxygen atoms in total. The number of benzene rings is 1. The minimum Gasteiger partial charge on any atom is -0.326 e. The number of nitrogens with zero attached hydrogens (tertiary/aromatic N) is 2. The van der Waals surface area contributed by atoms with E-state index in [2.05, 4.69) is 5.32 Å². The lowest BCUT2D eigenvalue weighted by molar-refractivity contribution is -0.116. The fourth-order valence-electron chi connectivity index (χ4n) is 1.47. The third-order valence-corrected chi connectivity index (χ3v) is 2.47. The third-order valence-electron chi connectivity index (χ3n) is 2.47. The van der Waals surface area contributed by atoms with E-state index in [-0.39, 0.29) is 25.4 Å². The number of carbonyl (C=O) groups excluding carboxylic acids is 1. The van der Waals surface area contributed by atoms with Crippen LogP contribution in [0.15, 0.2) is 24.3 Å². The van der Waals surface area contributed by atoms with Crippen LogP contribution in [0.4, 0.5) is 14.5 Å². The number of halogens is 2. The van der Waals surface area contributed by atoms with Crippen LogP contribution in [0.3, 0.4) is 0 Å². The average molecular weight is 267 g/mol. The van der Waals surface area contributed by atoms with Crippen molar-refractivity contribution in [1.82, 2.24) is 4.90 Å². The van der Waals surface area contributed by atoms with E-state index in [0.29, 0.717) is 11.3 Å². The Hall–Kier alpha value is -2.00. The highest BCUT2D eigenvalue weighted by atomic mass is 19.3. The molecule has 0 atom stereocenters. The van der Waals surface area contributed by atoms with Crippen LogP contribution < -0.4 is 5.32 Å². The lowest BCUT2D eigenvalue weighted by atomic mass is 10.2. The van der Waals surface area contributed by atoms with Crippen molar-refractivity contribution in [3.63, 3.8) is 0 Å². The molecule has 0 radical (unpaired) electrons. The zero-order valence-corrected chi connectivity index (χ0v) is 10.6. The fourth-order valence-corrected chi connectivity index (χ4v) is 1.47. The van der Waals surface area contributed by atoms with E-state index in [1.807, 2.05) is 6.07 Å². The standard InChI is InChI=1S/C13H15F2N3O/c1-18(9-12(14)15)7-6-13(19)17-11-4-2-10(8-16)3-5-11/h2-5,12H,6-7,9H2,1H3,(H,17,19). The lowest BCUT2D eigenvalue weighted by Gasteiger charge is -2.15. The maximum absolute atomic E-state index is 12.1. The number of hydrogen-bond donors (Lipinski definition) is 1. The van der Waals surface area contributed by atoms with Gasteiger partial charge in [-0.05, 0) is 31.3 Å². The van der Waals surface area contributed by atoms with E-state index >= 15 is 0 Å². The number of anilines is 1. The molecule has 1 aromatic carbocycles. The van der Waals surface area contributed by atoms with Gasteiger partial charge < -0.3 is 10.2 Å². The molecule has 6 heteroatoms. The van der Waals surface area contributed by atoms with Crippen molar-refractivity contribution in [2.75, 3.05) is 25.5 Å². The summed E-state index contributed by atoms with van der Waals surface area (Å²) in [6.07, 6.45) is -2.25. The zero-order valence-electron chi connectivity index (χ0n) is 10.6. The Morgan fingerprint density at radius 2 is 2.05 bits per heavy atom. The molecular formula is C13H15F2N3O. The molecule has 102 valence electrons. The Bertz CT molecular complexity index is 454. The molecule has 1 amide bonds. The molecular weight excluding hydrogens is 252 g/mol. The van der Waals surface area contributed by atoms with E-state index in [1.165, 1.54) is 4.90 Å². The van der Waals surface area contributed by atoms with Crippen molar-refractivity contribution in [2.45, 2.75) is 12.8 Å². The van der Waals surface area contributed by atoms with E-state index < -0.39 is 6.43 Å². The predicted molar refractivity (Wildman–Crippen MR) is 67.9 cm³/mol. The first-order chi connectivity index (χ1) is 9.01. The van der Waals surface area contributed by atoms with E-state index in [9.17, 15) is 13.6 Å². The summed E-state index contributed by atoms with van der Waals surface area (Å²) in [6, 6.07) is 8.42. The summed E-state index contributed by atoms with van der Waals surface area (Å²) in [5.74, 6) is -0.245. The predicted octanol–water partition coefficient (Wildman–Crippen LogP) is 2.08. The molecule has 0 heterocycles. The second-order valence-electron chi connectivity index (χ2n) is 4.14. The molecule has 0 spiro atoms. The molecule has 1 N–H and O–H groups in total. The van der Waals surface area contributed by atoms with Gasteiger partial charge in [-0.25, -0.2) is 8.78 Å². The van der Waals surface area contributed by atoms with Gasteiger partial charge in [0.15, 0.2) is 0 Å². The second kappa shape index (κ2) is 7.44. The van der Waals surface area contributed by atoms with E-state index in [0.717, 1.165) is 0 Å². The Morgan fingerprint density at radius 1 is 1.42 bits per heavy atom. The lowest BCUT2D eigenvalue weighted by Crippen LogP contribution is -2.28. The van der Waals surface area contributed by atoms with Gasteiger partial charge in [0.05, 0.1) is 18.2 Å². The van der Waals surface area contributed by atoms with Crippen LogP contribution in [0, 0.1) is 11.3 Å². The Morgan fingerprint density at radius 3 is 2.58 bits per heavy atom. The van der Waals surface area contributed by atoms with Gasteiger partial charge in [-0.1, -0.05) is 0 Å². The molecule has 0 aromatic heterocycles. The van der Waals surface area contributed by atoms with E-state index in [1.54, 1.807) is 31.3 Å². The highest BCUT2D eigenvalue weighted by Crippen LogP contribution is 2.09. The van der Waals surface area contributed by atoms with Crippen molar-refractivity contribution in [3.8, 4) is 6.07 Å². The smallest absolute Gasteiger partial charge is 0.251 e. The van der Waals surface area contributed by atoms with Gasteiger partial charge in [0.1, 0.15) is 0 Å². The Balaban J connectivity index is 2.36. The monoisotopic (exact) mass is 267 g/mol. The largest absolute Gasteiger partial charge is 0.326 e. The van der Waals surface area contributed by atoms with E-state index in [4.69, 9.17) is 5.26 Å². The van der Waals surface area contributed by atoms with Gasteiger partial charge >= 0.3 is 0 Å².